The summed E-state index contributed by atoms with van der Waals surface area (Å²) in [5, 5.41) is 4.16. The van der Waals surface area contributed by atoms with Crippen LogP contribution in [-0.4, -0.2) is 15.9 Å². The molecule has 0 amide bonds. The number of thiocarbonyl (C=S) groups is 1. The fourth-order valence-corrected chi connectivity index (χ4v) is 2.11. The van der Waals surface area contributed by atoms with Gasteiger partial charge in [0.25, 0.3) is 0 Å². The van der Waals surface area contributed by atoms with Gasteiger partial charge in [0.05, 0.1) is 6.21 Å². The van der Waals surface area contributed by atoms with Crippen LogP contribution in [0.15, 0.2) is 41.5 Å². The summed E-state index contributed by atoms with van der Waals surface area (Å²) in [4.78, 5) is 0. The fourth-order valence-electron chi connectivity index (χ4n) is 2.06. The number of aromatic nitrogens is 1. The average molecular weight is 272 g/mol. The zero-order chi connectivity index (χ0) is 13.8. The van der Waals surface area contributed by atoms with Crippen LogP contribution >= 0.6 is 12.2 Å². The lowest BCUT2D eigenvalue weighted by Crippen LogP contribution is -2.24. The molecule has 0 fully saturated rings. The topological polar surface area (TPSA) is 55.3 Å². The van der Waals surface area contributed by atoms with E-state index < -0.39 is 0 Å². The number of benzene rings is 1. The molecule has 0 bridgehead atoms. The van der Waals surface area contributed by atoms with Crippen molar-refractivity contribution < 1.29 is 0 Å². The maximum Gasteiger partial charge on any atom is 0.184 e. The Labute approximate surface area is 117 Å². The summed E-state index contributed by atoms with van der Waals surface area (Å²) in [7, 11) is 0. The van der Waals surface area contributed by atoms with Gasteiger partial charge in [0.2, 0.25) is 0 Å². The van der Waals surface area contributed by atoms with Crippen molar-refractivity contribution in [2.24, 2.45) is 10.8 Å². The van der Waals surface area contributed by atoms with E-state index in [4.69, 9.17) is 18.0 Å². The summed E-state index contributed by atoms with van der Waals surface area (Å²) in [5.74, 6) is 0. The molecule has 0 radical (unpaired) electrons. The quantitative estimate of drug-likeness (QED) is 0.512. The van der Waals surface area contributed by atoms with E-state index in [1.807, 2.05) is 18.2 Å². The Morgan fingerprint density at radius 2 is 2.00 bits per heavy atom. The molecule has 0 saturated heterocycles. The van der Waals surface area contributed by atoms with Gasteiger partial charge >= 0.3 is 0 Å². The third kappa shape index (κ3) is 3.00. The highest BCUT2D eigenvalue weighted by Crippen LogP contribution is 2.19. The van der Waals surface area contributed by atoms with Crippen LogP contribution in [-0.2, 0) is 0 Å². The molecule has 0 unspecified atom stereocenters. The minimum Gasteiger partial charge on any atom is -0.375 e. The predicted molar refractivity (Wildman–Crippen MR) is 82.8 cm³/mol. The standard InChI is InChI=1S/C14H16N4S/c1-10-8-12(9-16-17-14(15)19)11(2)18(10)13-6-4-3-5-7-13/h3-9H,1-2H3,(H3,15,17,19)/b16-9+. The number of hydrazone groups is 1. The smallest absolute Gasteiger partial charge is 0.184 e. The van der Waals surface area contributed by atoms with Gasteiger partial charge in [0.1, 0.15) is 0 Å². The number of nitrogens with two attached hydrogens (primary N) is 1. The molecule has 5 heteroatoms. The molecule has 2 rings (SSSR count). The Morgan fingerprint density at radius 1 is 1.32 bits per heavy atom. The molecular formula is C14H16N4S. The monoisotopic (exact) mass is 272 g/mol. The first-order chi connectivity index (χ1) is 9.09. The maximum atomic E-state index is 5.32. The average Bonchev–Trinajstić information content (AvgIpc) is 2.65. The molecule has 0 aliphatic carbocycles. The molecular weight excluding hydrogens is 256 g/mol. The van der Waals surface area contributed by atoms with E-state index in [-0.39, 0.29) is 5.11 Å². The lowest BCUT2D eigenvalue weighted by atomic mass is 10.2. The largest absolute Gasteiger partial charge is 0.375 e. The fraction of sp³-hybridized carbons (Fsp3) is 0.143. The van der Waals surface area contributed by atoms with Crippen LogP contribution in [0.3, 0.4) is 0 Å². The van der Waals surface area contributed by atoms with E-state index in [1.165, 1.54) is 0 Å². The Morgan fingerprint density at radius 3 is 2.63 bits per heavy atom. The van der Waals surface area contributed by atoms with Gasteiger partial charge in [-0.2, -0.15) is 5.10 Å². The van der Waals surface area contributed by atoms with E-state index in [9.17, 15) is 0 Å². The molecule has 19 heavy (non-hydrogen) atoms. The molecule has 1 aromatic carbocycles. The van der Waals surface area contributed by atoms with E-state index in [2.05, 4.69) is 47.1 Å². The number of rotatable bonds is 3. The van der Waals surface area contributed by atoms with Gasteiger partial charge in [-0.15, -0.1) is 0 Å². The number of para-hydroxylation sites is 1. The predicted octanol–water partition coefficient (Wildman–Crippen LogP) is 2.26. The molecule has 0 aliphatic rings. The number of nitrogens with one attached hydrogen (secondary N) is 1. The minimum atomic E-state index is 0.160. The summed E-state index contributed by atoms with van der Waals surface area (Å²) in [6, 6.07) is 12.3. The highest BCUT2D eigenvalue weighted by Gasteiger charge is 2.08. The van der Waals surface area contributed by atoms with Crippen LogP contribution in [0.4, 0.5) is 0 Å². The van der Waals surface area contributed by atoms with Gasteiger partial charge in [-0.1, -0.05) is 18.2 Å². The van der Waals surface area contributed by atoms with Crippen molar-refractivity contribution in [2.75, 3.05) is 0 Å². The molecule has 0 saturated carbocycles. The van der Waals surface area contributed by atoms with Gasteiger partial charge in [0.15, 0.2) is 5.11 Å². The third-order valence-electron chi connectivity index (χ3n) is 2.86. The van der Waals surface area contributed by atoms with Gasteiger partial charge in [-0.3, -0.25) is 5.43 Å². The van der Waals surface area contributed by atoms with Crippen LogP contribution in [0.5, 0.6) is 0 Å². The summed E-state index contributed by atoms with van der Waals surface area (Å²) < 4.78 is 2.18. The number of aryl methyl sites for hydroxylation is 1. The molecule has 0 atom stereocenters. The molecule has 3 N–H and O–H groups in total. The lowest BCUT2D eigenvalue weighted by Gasteiger charge is -2.08. The van der Waals surface area contributed by atoms with Crippen LogP contribution in [0.2, 0.25) is 0 Å². The van der Waals surface area contributed by atoms with Gasteiger partial charge in [0, 0.05) is 22.6 Å². The SMILES string of the molecule is Cc1cc(/C=N/NC(N)=S)c(C)n1-c1ccccc1. The highest BCUT2D eigenvalue weighted by atomic mass is 32.1. The second-order valence-corrected chi connectivity index (χ2v) is 4.67. The van der Waals surface area contributed by atoms with E-state index in [0.29, 0.717) is 0 Å². The molecule has 98 valence electrons. The number of hydrogen-bond donors (Lipinski definition) is 2. The van der Waals surface area contributed by atoms with E-state index >= 15 is 0 Å². The van der Waals surface area contributed by atoms with E-state index in [1.54, 1.807) is 6.21 Å². The summed E-state index contributed by atoms with van der Waals surface area (Å²) in [6.45, 7) is 4.13. The molecule has 0 aliphatic heterocycles. The first-order valence-corrected chi connectivity index (χ1v) is 6.33. The Balaban J connectivity index is 2.35. The molecule has 1 heterocycles. The molecule has 4 nitrogen and oxygen atoms in total. The van der Waals surface area contributed by atoms with Crippen molar-refractivity contribution in [2.45, 2.75) is 13.8 Å². The molecule has 0 spiro atoms. The zero-order valence-electron chi connectivity index (χ0n) is 10.9. The zero-order valence-corrected chi connectivity index (χ0v) is 11.7. The van der Waals surface area contributed by atoms with Gasteiger partial charge in [-0.05, 0) is 44.3 Å². The lowest BCUT2D eigenvalue weighted by molar-refractivity contribution is 0.964. The Bertz CT molecular complexity index is 614. The Hall–Kier alpha value is -2.14. The number of hydrogen-bond acceptors (Lipinski definition) is 2. The summed E-state index contributed by atoms with van der Waals surface area (Å²) in [6.07, 6.45) is 1.72. The van der Waals surface area contributed by atoms with Crippen molar-refractivity contribution in [1.82, 2.24) is 9.99 Å². The summed E-state index contributed by atoms with van der Waals surface area (Å²) in [5.41, 5.74) is 12.3. The van der Waals surface area contributed by atoms with Crippen molar-refractivity contribution in [3.05, 3.63) is 53.3 Å². The second-order valence-electron chi connectivity index (χ2n) is 4.23. The normalized spacial score (nSPS) is 10.8. The number of nitrogens with zero attached hydrogens (tertiary/aromatic N) is 2. The van der Waals surface area contributed by atoms with E-state index in [0.717, 1.165) is 22.6 Å². The highest BCUT2D eigenvalue weighted by molar-refractivity contribution is 7.80. The van der Waals surface area contributed by atoms with Crippen LogP contribution in [0.1, 0.15) is 17.0 Å². The van der Waals surface area contributed by atoms with Crippen molar-refractivity contribution in [1.29, 1.82) is 0 Å². The van der Waals surface area contributed by atoms with Gasteiger partial charge in [-0.25, -0.2) is 0 Å². The molecule has 1 aromatic heterocycles. The second kappa shape index (κ2) is 5.67. The van der Waals surface area contributed by atoms with Crippen LogP contribution < -0.4 is 11.2 Å². The van der Waals surface area contributed by atoms with Gasteiger partial charge < -0.3 is 10.3 Å². The first-order valence-electron chi connectivity index (χ1n) is 5.92. The van der Waals surface area contributed by atoms with Crippen molar-refractivity contribution >= 4 is 23.5 Å². The third-order valence-corrected chi connectivity index (χ3v) is 2.95. The first kappa shape index (κ1) is 13.3. The molecule has 2 aromatic rings. The Kier molecular flexibility index (Phi) is 3.97. The van der Waals surface area contributed by atoms with Crippen molar-refractivity contribution in [3.63, 3.8) is 0 Å². The van der Waals surface area contributed by atoms with Crippen molar-refractivity contribution in [3.8, 4) is 5.69 Å². The minimum absolute atomic E-state index is 0.160. The van der Waals surface area contributed by atoms with Crippen LogP contribution in [0, 0.1) is 13.8 Å². The van der Waals surface area contributed by atoms with Crippen LogP contribution in [0.25, 0.3) is 5.69 Å². The summed E-state index contributed by atoms with van der Waals surface area (Å²) >= 11 is 4.70. The maximum absolute atomic E-state index is 5.32.